The van der Waals surface area contributed by atoms with Crippen molar-refractivity contribution < 1.29 is 0 Å². The summed E-state index contributed by atoms with van der Waals surface area (Å²) in [7, 11) is 0. The Kier molecular flexibility index (Phi) is 6.19. The van der Waals surface area contributed by atoms with Crippen molar-refractivity contribution in [1.29, 1.82) is 0 Å². The molecule has 1 heteroatoms. The molecule has 0 unspecified atom stereocenters. The molecule has 0 atom stereocenters. The molecule has 0 aliphatic rings. The van der Waals surface area contributed by atoms with E-state index in [0.717, 1.165) is 0 Å². The Morgan fingerprint density at radius 3 is 0.667 bits per heavy atom. The summed E-state index contributed by atoms with van der Waals surface area (Å²) in [5.41, 5.74) is 7.40. The molecule has 27 heavy (non-hydrogen) atoms. The molecule has 4 aromatic rings. The van der Waals surface area contributed by atoms with E-state index in [1.807, 2.05) is 0 Å². The smallest absolute Gasteiger partial charge is 0.00268 e. The van der Waals surface area contributed by atoms with Gasteiger partial charge in [0.25, 0.3) is 0 Å². The molecule has 0 N–H and O–H groups in total. The first-order valence-electron chi connectivity index (χ1n) is 8.89. The molecule has 0 saturated heterocycles. The fourth-order valence-corrected chi connectivity index (χ4v) is 3.33. The third-order valence-electron chi connectivity index (χ3n) is 4.50. The minimum atomic E-state index is 0. The molecule has 0 bridgehead atoms. The minimum absolute atomic E-state index is 0. The summed E-state index contributed by atoms with van der Waals surface area (Å²) < 4.78 is 0. The average Bonchev–Trinajstić information content (AvgIpc) is 2.74. The second kappa shape index (κ2) is 8.97. The highest BCUT2D eigenvalue weighted by atomic mass is 28.1. The van der Waals surface area contributed by atoms with Gasteiger partial charge in [-0.3, -0.25) is 0 Å². The number of benzene rings is 4. The van der Waals surface area contributed by atoms with Crippen LogP contribution >= 0.6 is 0 Å². The average molecular weight is 365 g/mol. The molecule has 132 valence electrons. The largest absolute Gasteiger partial charge is 0.0622 e. The summed E-state index contributed by atoms with van der Waals surface area (Å²) in [5, 5.41) is 0. The van der Waals surface area contributed by atoms with Gasteiger partial charge in [-0.1, -0.05) is 121 Å². The van der Waals surface area contributed by atoms with Crippen LogP contribution in [0.25, 0.3) is 11.1 Å². The van der Waals surface area contributed by atoms with Crippen LogP contribution in [0.4, 0.5) is 0 Å². The first kappa shape index (κ1) is 18.6. The number of hydrogen-bond donors (Lipinski definition) is 0. The van der Waals surface area contributed by atoms with Gasteiger partial charge in [-0.05, 0) is 44.4 Å². The monoisotopic (exact) mass is 364 g/mol. The van der Waals surface area contributed by atoms with Gasteiger partial charge < -0.3 is 0 Å². The zero-order valence-electron chi connectivity index (χ0n) is 14.5. The van der Waals surface area contributed by atoms with Crippen LogP contribution in [-0.4, -0.2) is 11.0 Å². The molecule has 0 heterocycles. The highest BCUT2D eigenvalue weighted by Gasteiger charge is 2.15. The van der Waals surface area contributed by atoms with Crippen molar-refractivity contribution in [2.45, 2.75) is 0 Å². The van der Waals surface area contributed by atoms with E-state index < -0.39 is 0 Å². The van der Waals surface area contributed by atoms with E-state index in [9.17, 15) is 0 Å². The summed E-state index contributed by atoms with van der Waals surface area (Å²) in [6.07, 6.45) is 0. The Balaban J connectivity index is 0.00000210. The maximum absolute atomic E-state index is 2.19. The van der Waals surface area contributed by atoms with Crippen LogP contribution < -0.4 is 0 Å². The van der Waals surface area contributed by atoms with Gasteiger partial charge in [-0.25, -0.2) is 0 Å². The van der Waals surface area contributed by atoms with Crippen molar-refractivity contribution in [3.05, 3.63) is 144 Å². The van der Waals surface area contributed by atoms with Gasteiger partial charge in [0.2, 0.25) is 0 Å². The molecule has 0 spiro atoms. The van der Waals surface area contributed by atoms with Crippen molar-refractivity contribution >= 4 is 22.1 Å². The first-order valence-corrected chi connectivity index (χ1v) is 8.89. The Labute approximate surface area is 165 Å². The Hall–Kier alpha value is -3.16. The van der Waals surface area contributed by atoms with Crippen LogP contribution in [0.15, 0.2) is 121 Å². The predicted octanol–water partition coefficient (Wildman–Crippen LogP) is 5.24. The van der Waals surface area contributed by atoms with E-state index in [1.165, 1.54) is 33.4 Å². The van der Waals surface area contributed by atoms with E-state index in [-0.39, 0.29) is 11.0 Å². The predicted molar refractivity (Wildman–Crippen MR) is 122 cm³/mol. The Morgan fingerprint density at radius 1 is 0.296 bits per heavy atom. The van der Waals surface area contributed by atoms with Crippen molar-refractivity contribution in [3.63, 3.8) is 0 Å². The summed E-state index contributed by atoms with van der Waals surface area (Å²) >= 11 is 0. The van der Waals surface area contributed by atoms with Crippen molar-refractivity contribution in [1.82, 2.24) is 0 Å². The van der Waals surface area contributed by atoms with Gasteiger partial charge >= 0.3 is 0 Å². The van der Waals surface area contributed by atoms with Gasteiger partial charge in [0.05, 0.1) is 0 Å². The molecule has 0 radical (unpaired) electrons. The Bertz CT molecular complexity index is 821. The topological polar surface area (TPSA) is 0 Å². The lowest BCUT2D eigenvalue weighted by Crippen LogP contribution is -1.97. The van der Waals surface area contributed by atoms with Crippen LogP contribution in [0.3, 0.4) is 0 Å². The molecule has 0 aromatic heterocycles. The van der Waals surface area contributed by atoms with Gasteiger partial charge in [0.1, 0.15) is 0 Å². The second-order valence-corrected chi connectivity index (χ2v) is 6.21. The van der Waals surface area contributed by atoms with E-state index in [1.54, 1.807) is 0 Å². The maximum Gasteiger partial charge on any atom is -0.00268 e. The molecule has 4 rings (SSSR count). The SMILES string of the molecule is [SiH4].c1ccc(C(=C(c2ccccc2)c2ccccc2)c2ccccc2)cc1. The van der Waals surface area contributed by atoms with Crippen LogP contribution in [0.2, 0.25) is 0 Å². The van der Waals surface area contributed by atoms with Crippen molar-refractivity contribution in [2.75, 3.05) is 0 Å². The third-order valence-corrected chi connectivity index (χ3v) is 4.50. The zero-order chi connectivity index (χ0) is 17.6. The second-order valence-electron chi connectivity index (χ2n) is 6.21. The van der Waals surface area contributed by atoms with E-state index in [2.05, 4.69) is 121 Å². The summed E-state index contributed by atoms with van der Waals surface area (Å²) in [5.74, 6) is 0. The molecule has 0 fully saturated rings. The zero-order valence-corrected chi connectivity index (χ0v) is 14.5. The molecule has 4 aromatic carbocycles. The fraction of sp³-hybridized carbons (Fsp3) is 0. The van der Waals surface area contributed by atoms with Crippen LogP contribution in [0.1, 0.15) is 22.3 Å². The summed E-state index contributed by atoms with van der Waals surface area (Å²) in [6, 6.07) is 42.6. The molecular weight excluding hydrogens is 340 g/mol. The molecular formula is C26H24Si. The molecule has 0 amide bonds. The number of rotatable bonds is 4. The van der Waals surface area contributed by atoms with Gasteiger partial charge in [-0.2, -0.15) is 0 Å². The lowest BCUT2D eigenvalue weighted by Gasteiger charge is -2.18. The van der Waals surface area contributed by atoms with E-state index in [0.29, 0.717) is 0 Å². The summed E-state index contributed by atoms with van der Waals surface area (Å²) in [6.45, 7) is 0. The van der Waals surface area contributed by atoms with Gasteiger partial charge in [-0.15, -0.1) is 0 Å². The number of hydrogen-bond acceptors (Lipinski definition) is 0. The third kappa shape index (κ3) is 4.16. The standard InChI is InChI=1S/C26H20.H4Si/c1-5-13-21(14-6-1)25(22-15-7-2-8-16-22)26(23-17-9-3-10-18-23)24-19-11-4-12-20-24;/h1-20H;1H4. The summed E-state index contributed by atoms with van der Waals surface area (Å²) in [4.78, 5) is 0. The highest BCUT2D eigenvalue weighted by molar-refractivity contribution is 6.04. The fourth-order valence-electron chi connectivity index (χ4n) is 3.33. The van der Waals surface area contributed by atoms with Crippen LogP contribution in [0.5, 0.6) is 0 Å². The molecule has 0 saturated carbocycles. The highest BCUT2D eigenvalue weighted by Crippen LogP contribution is 2.36. The molecule has 0 aliphatic carbocycles. The lowest BCUT2D eigenvalue weighted by atomic mass is 9.86. The van der Waals surface area contributed by atoms with Crippen LogP contribution in [0, 0.1) is 0 Å². The van der Waals surface area contributed by atoms with Crippen LogP contribution in [-0.2, 0) is 0 Å². The van der Waals surface area contributed by atoms with E-state index >= 15 is 0 Å². The maximum atomic E-state index is 2.19. The normalized spacial score (nSPS) is 9.93. The molecule has 0 aliphatic heterocycles. The van der Waals surface area contributed by atoms with Gasteiger partial charge in [0.15, 0.2) is 0 Å². The molecule has 0 nitrogen and oxygen atoms in total. The van der Waals surface area contributed by atoms with Gasteiger partial charge in [0, 0.05) is 0 Å². The minimum Gasteiger partial charge on any atom is -0.0622 e. The van der Waals surface area contributed by atoms with Crippen molar-refractivity contribution in [3.8, 4) is 0 Å². The quantitative estimate of drug-likeness (QED) is 0.343. The lowest BCUT2D eigenvalue weighted by molar-refractivity contribution is 1.50. The first-order chi connectivity index (χ1) is 12.9. The van der Waals surface area contributed by atoms with E-state index in [4.69, 9.17) is 0 Å². The Morgan fingerprint density at radius 2 is 0.481 bits per heavy atom. The van der Waals surface area contributed by atoms with Crippen molar-refractivity contribution in [2.24, 2.45) is 0 Å².